The Morgan fingerprint density at radius 2 is 1.83 bits per heavy atom. The van der Waals surface area contributed by atoms with Crippen LogP contribution in [-0.2, 0) is 32.1 Å². The van der Waals surface area contributed by atoms with Crippen LogP contribution in [0.1, 0.15) is 52.8 Å². The van der Waals surface area contributed by atoms with Gasteiger partial charge in [-0.2, -0.15) is 0 Å². The van der Waals surface area contributed by atoms with Crippen LogP contribution in [0.15, 0.2) is 12.4 Å². The van der Waals surface area contributed by atoms with E-state index in [0.717, 1.165) is 25.9 Å². The van der Waals surface area contributed by atoms with Crippen molar-refractivity contribution in [2.24, 2.45) is 0 Å². The third kappa shape index (κ3) is 9.87. The molecule has 0 unspecified atom stereocenters. The molecule has 0 atom stereocenters. The van der Waals surface area contributed by atoms with E-state index in [1.807, 2.05) is 25.7 Å². The average molecular weight is 425 g/mol. The van der Waals surface area contributed by atoms with E-state index < -0.39 is 5.97 Å². The van der Waals surface area contributed by atoms with Crippen LogP contribution >= 0.6 is 0 Å². The molecule has 170 valence electrons. The first-order valence-corrected chi connectivity index (χ1v) is 10.2. The molecule has 30 heavy (non-hydrogen) atoms. The predicted molar refractivity (Wildman–Crippen MR) is 113 cm³/mol. The summed E-state index contributed by atoms with van der Waals surface area (Å²) in [6.07, 6.45) is 6.08. The molecule has 1 amide bonds. The molecule has 1 fully saturated rings. The SMILES string of the molecule is CC(=O)OC(C)(C)C.CN(C)C1CCN(C(=O)CCc2nccn2CC(=O)O)CC1. The molecule has 1 saturated heterocycles. The summed E-state index contributed by atoms with van der Waals surface area (Å²) in [6, 6.07) is 0.554. The van der Waals surface area contributed by atoms with Gasteiger partial charge in [0.05, 0.1) is 0 Å². The number of amides is 1. The molecular weight excluding hydrogens is 388 g/mol. The average Bonchev–Trinajstić information content (AvgIpc) is 3.04. The lowest BCUT2D eigenvalue weighted by Crippen LogP contribution is -2.44. The number of rotatable bonds is 6. The number of aliphatic carboxylic acids is 1. The molecule has 1 N–H and O–H groups in total. The van der Waals surface area contributed by atoms with Crippen molar-refractivity contribution in [3.05, 3.63) is 18.2 Å². The number of carboxylic acids is 1. The highest BCUT2D eigenvalue weighted by atomic mass is 16.6. The van der Waals surface area contributed by atoms with Crippen LogP contribution in [0.4, 0.5) is 0 Å². The van der Waals surface area contributed by atoms with Crippen molar-refractivity contribution < 1.29 is 24.2 Å². The number of nitrogens with zero attached hydrogens (tertiary/aromatic N) is 4. The number of hydrogen-bond acceptors (Lipinski definition) is 6. The Hall–Kier alpha value is -2.42. The Morgan fingerprint density at radius 1 is 1.23 bits per heavy atom. The topological polar surface area (TPSA) is 105 Å². The highest BCUT2D eigenvalue weighted by Crippen LogP contribution is 2.15. The van der Waals surface area contributed by atoms with Crippen LogP contribution in [0.25, 0.3) is 0 Å². The number of aromatic nitrogens is 2. The zero-order valence-electron chi connectivity index (χ0n) is 19.1. The smallest absolute Gasteiger partial charge is 0.323 e. The van der Waals surface area contributed by atoms with Crippen molar-refractivity contribution >= 4 is 17.8 Å². The molecule has 0 radical (unpaired) electrons. The third-order valence-electron chi connectivity index (χ3n) is 4.67. The van der Waals surface area contributed by atoms with Gasteiger partial charge in [-0.15, -0.1) is 0 Å². The third-order valence-corrected chi connectivity index (χ3v) is 4.67. The largest absolute Gasteiger partial charge is 0.480 e. The van der Waals surface area contributed by atoms with Crippen molar-refractivity contribution in [3.8, 4) is 0 Å². The molecule has 1 aromatic heterocycles. The molecular formula is C21H36N4O5. The fraction of sp³-hybridized carbons (Fsp3) is 0.714. The van der Waals surface area contributed by atoms with Crippen molar-refractivity contribution in [2.45, 2.75) is 71.6 Å². The first-order valence-electron chi connectivity index (χ1n) is 10.2. The van der Waals surface area contributed by atoms with Gasteiger partial charge >= 0.3 is 11.9 Å². The van der Waals surface area contributed by atoms with E-state index in [9.17, 15) is 14.4 Å². The van der Waals surface area contributed by atoms with E-state index in [-0.39, 0.29) is 24.0 Å². The Labute approximate surface area is 179 Å². The maximum absolute atomic E-state index is 12.3. The molecule has 9 nitrogen and oxygen atoms in total. The van der Waals surface area contributed by atoms with Crippen LogP contribution in [0.3, 0.4) is 0 Å². The van der Waals surface area contributed by atoms with E-state index in [2.05, 4.69) is 24.0 Å². The Bertz CT molecular complexity index is 700. The number of carboxylic acid groups (broad SMARTS) is 1. The van der Waals surface area contributed by atoms with Gasteiger partial charge in [-0.05, 0) is 47.7 Å². The summed E-state index contributed by atoms with van der Waals surface area (Å²) in [5, 5.41) is 8.83. The van der Waals surface area contributed by atoms with E-state index in [1.54, 1.807) is 17.0 Å². The van der Waals surface area contributed by atoms with Crippen LogP contribution < -0.4 is 0 Å². The Balaban J connectivity index is 0.000000479. The Kier molecular flexibility index (Phi) is 9.98. The van der Waals surface area contributed by atoms with Crippen LogP contribution in [0, 0.1) is 0 Å². The van der Waals surface area contributed by atoms with Crippen molar-refractivity contribution in [1.29, 1.82) is 0 Å². The van der Waals surface area contributed by atoms with Gasteiger partial charge in [0.2, 0.25) is 5.91 Å². The molecule has 9 heteroatoms. The summed E-state index contributed by atoms with van der Waals surface area (Å²) in [5.74, 6) is -0.352. The quantitative estimate of drug-likeness (QED) is 0.694. The Morgan fingerprint density at radius 3 is 2.27 bits per heavy atom. The van der Waals surface area contributed by atoms with E-state index in [0.29, 0.717) is 24.7 Å². The summed E-state index contributed by atoms with van der Waals surface area (Å²) >= 11 is 0. The van der Waals surface area contributed by atoms with Crippen molar-refractivity contribution in [3.63, 3.8) is 0 Å². The molecule has 0 saturated carbocycles. The minimum atomic E-state index is -0.906. The van der Waals surface area contributed by atoms with E-state index in [1.165, 1.54) is 6.92 Å². The minimum absolute atomic E-state index is 0.113. The number of piperidine rings is 1. The number of imidazole rings is 1. The number of ether oxygens (including phenoxy) is 1. The fourth-order valence-corrected chi connectivity index (χ4v) is 3.30. The van der Waals surface area contributed by atoms with Gasteiger partial charge in [-0.25, -0.2) is 4.98 Å². The lowest BCUT2D eigenvalue weighted by molar-refractivity contribution is -0.152. The number of esters is 1. The van der Waals surface area contributed by atoms with Crippen molar-refractivity contribution in [2.75, 3.05) is 27.2 Å². The van der Waals surface area contributed by atoms with Crippen LogP contribution in [0.2, 0.25) is 0 Å². The van der Waals surface area contributed by atoms with Gasteiger partial charge in [0.25, 0.3) is 0 Å². The van der Waals surface area contributed by atoms with E-state index >= 15 is 0 Å². The van der Waals surface area contributed by atoms with Gasteiger partial charge in [0.15, 0.2) is 0 Å². The number of carbonyl (C=O) groups excluding carboxylic acids is 2. The molecule has 1 aliphatic heterocycles. The van der Waals surface area contributed by atoms with E-state index in [4.69, 9.17) is 9.84 Å². The van der Waals surface area contributed by atoms with Gasteiger partial charge in [0.1, 0.15) is 18.0 Å². The lowest BCUT2D eigenvalue weighted by atomic mass is 10.0. The van der Waals surface area contributed by atoms with Gasteiger partial charge in [-0.1, -0.05) is 0 Å². The maximum Gasteiger partial charge on any atom is 0.323 e. The van der Waals surface area contributed by atoms with Crippen LogP contribution in [-0.4, -0.2) is 81.1 Å². The molecule has 2 rings (SSSR count). The summed E-state index contributed by atoms with van der Waals surface area (Å²) in [5.41, 5.74) is -0.328. The number of carbonyl (C=O) groups is 3. The number of hydrogen-bond donors (Lipinski definition) is 1. The second-order valence-electron chi connectivity index (χ2n) is 8.65. The molecule has 0 spiro atoms. The summed E-state index contributed by atoms with van der Waals surface area (Å²) in [7, 11) is 4.15. The van der Waals surface area contributed by atoms with Gasteiger partial charge < -0.3 is 24.2 Å². The summed E-state index contributed by atoms with van der Waals surface area (Å²) in [6.45, 7) is 8.41. The standard InChI is InChI=1S/C15H24N4O3.C6H12O2/c1-17(2)12-5-8-18(9-6-12)14(20)4-3-13-16-7-10-19(13)11-15(21)22;1-5(7)8-6(2,3)4/h7,10,12H,3-6,8-9,11H2,1-2H3,(H,21,22);1-4H3. The molecule has 0 aromatic carbocycles. The first-order chi connectivity index (χ1) is 13.9. The highest BCUT2D eigenvalue weighted by Gasteiger charge is 2.23. The molecule has 1 aliphatic rings. The minimum Gasteiger partial charge on any atom is -0.480 e. The number of aryl methyl sites for hydroxylation is 1. The monoisotopic (exact) mass is 424 g/mol. The lowest BCUT2D eigenvalue weighted by Gasteiger charge is -2.35. The van der Waals surface area contributed by atoms with Gasteiger partial charge in [0, 0.05) is 51.3 Å². The second kappa shape index (κ2) is 11.7. The predicted octanol–water partition coefficient (Wildman–Crippen LogP) is 1.80. The maximum atomic E-state index is 12.3. The fourth-order valence-electron chi connectivity index (χ4n) is 3.30. The molecule has 0 bridgehead atoms. The second-order valence-corrected chi connectivity index (χ2v) is 8.65. The summed E-state index contributed by atoms with van der Waals surface area (Å²) < 4.78 is 6.38. The highest BCUT2D eigenvalue weighted by molar-refractivity contribution is 5.76. The van der Waals surface area contributed by atoms with Crippen molar-refractivity contribution in [1.82, 2.24) is 19.4 Å². The zero-order valence-corrected chi connectivity index (χ0v) is 19.1. The first kappa shape index (κ1) is 25.6. The molecule has 1 aromatic rings. The molecule has 2 heterocycles. The number of likely N-dealkylation sites (tertiary alicyclic amines) is 1. The summed E-state index contributed by atoms with van der Waals surface area (Å²) in [4.78, 5) is 41.5. The van der Waals surface area contributed by atoms with Crippen LogP contribution in [0.5, 0.6) is 0 Å². The molecule has 0 aliphatic carbocycles. The van der Waals surface area contributed by atoms with Gasteiger partial charge in [-0.3, -0.25) is 14.4 Å². The normalized spacial score (nSPS) is 14.8. The zero-order chi connectivity index (χ0) is 22.9.